The van der Waals surface area contributed by atoms with Crippen molar-refractivity contribution in [3.8, 4) is 12.3 Å². The quantitative estimate of drug-likeness (QED) is 0.111. The highest BCUT2D eigenvalue weighted by Gasteiger charge is 2.16. The Kier molecular flexibility index (Phi) is 22.8. The summed E-state index contributed by atoms with van der Waals surface area (Å²) >= 11 is 0. The number of hydrogen-bond donors (Lipinski definition) is 0. The van der Waals surface area contributed by atoms with E-state index in [0.29, 0.717) is 32.8 Å². The molecule has 1 fully saturated rings. The fraction of sp³-hybridized carbons (Fsp3) is 0.885. The zero-order chi connectivity index (χ0) is 24.4. The zero-order valence-electron chi connectivity index (χ0n) is 21.3. The first kappa shape index (κ1) is 31.0. The van der Waals surface area contributed by atoms with Crippen LogP contribution in [-0.2, 0) is 28.5 Å². The van der Waals surface area contributed by atoms with Gasteiger partial charge in [-0.25, -0.2) is 0 Å². The molecule has 8 nitrogen and oxygen atoms in total. The van der Waals surface area contributed by atoms with E-state index in [4.69, 9.17) is 30.1 Å². The molecule has 1 aliphatic heterocycles. The monoisotopic (exact) mass is 484 g/mol. The van der Waals surface area contributed by atoms with Crippen molar-refractivity contribution in [1.82, 2.24) is 9.80 Å². The summed E-state index contributed by atoms with van der Waals surface area (Å²) in [7, 11) is 0. The second-order valence-corrected chi connectivity index (χ2v) is 8.47. The fourth-order valence-electron chi connectivity index (χ4n) is 3.58. The van der Waals surface area contributed by atoms with Crippen LogP contribution in [-0.4, -0.2) is 121 Å². The number of ether oxygens (including phenoxy) is 5. The SMILES string of the molecule is C#CCOCCOCCCCCOCCN1CCN(CCOCCCCCOCCC=O)CC1. The zero-order valence-corrected chi connectivity index (χ0v) is 21.3. The molecule has 1 saturated heterocycles. The number of unbranched alkanes of at least 4 members (excludes halogenated alkanes) is 4. The van der Waals surface area contributed by atoms with Crippen molar-refractivity contribution in [2.24, 2.45) is 0 Å². The van der Waals surface area contributed by atoms with Crippen molar-refractivity contribution in [3.63, 3.8) is 0 Å². The minimum Gasteiger partial charge on any atom is -0.381 e. The largest absolute Gasteiger partial charge is 0.381 e. The minimum atomic E-state index is 0.357. The summed E-state index contributed by atoms with van der Waals surface area (Å²) in [5.74, 6) is 2.44. The van der Waals surface area contributed by atoms with Gasteiger partial charge in [-0.15, -0.1) is 6.42 Å². The summed E-state index contributed by atoms with van der Waals surface area (Å²) in [4.78, 5) is 15.2. The van der Waals surface area contributed by atoms with Crippen molar-refractivity contribution in [2.45, 2.75) is 44.9 Å². The summed E-state index contributed by atoms with van der Waals surface area (Å²) in [6.07, 6.45) is 13.0. The van der Waals surface area contributed by atoms with Crippen molar-refractivity contribution in [1.29, 1.82) is 0 Å². The van der Waals surface area contributed by atoms with Gasteiger partial charge in [-0.3, -0.25) is 9.80 Å². The second kappa shape index (κ2) is 25.1. The lowest BCUT2D eigenvalue weighted by Gasteiger charge is -2.34. The molecule has 0 aromatic heterocycles. The van der Waals surface area contributed by atoms with E-state index in [2.05, 4.69) is 15.7 Å². The third kappa shape index (κ3) is 20.3. The van der Waals surface area contributed by atoms with E-state index in [9.17, 15) is 4.79 Å². The van der Waals surface area contributed by atoms with Crippen LogP contribution in [0.1, 0.15) is 44.9 Å². The van der Waals surface area contributed by atoms with E-state index < -0.39 is 0 Å². The van der Waals surface area contributed by atoms with E-state index in [0.717, 1.165) is 124 Å². The number of carbonyl (C=O) groups is 1. The Bertz CT molecular complexity index is 480. The van der Waals surface area contributed by atoms with Crippen LogP contribution in [0.2, 0.25) is 0 Å². The number of piperazine rings is 1. The Morgan fingerprint density at radius 3 is 1.50 bits per heavy atom. The molecular weight excluding hydrogens is 436 g/mol. The lowest BCUT2D eigenvalue weighted by molar-refractivity contribution is -0.108. The molecule has 0 bridgehead atoms. The van der Waals surface area contributed by atoms with Crippen LogP contribution < -0.4 is 0 Å². The molecule has 1 heterocycles. The Balaban J connectivity index is 1.77. The van der Waals surface area contributed by atoms with E-state index >= 15 is 0 Å². The molecule has 8 heteroatoms. The molecule has 1 aliphatic rings. The fourth-order valence-corrected chi connectivity index (χ4v) is 3.58. The van der Waals surface area contributed by atoms with E-state index in [1.807, 2.05) is 0 Å². The van der Waals surface area contributed by atoms with Gasteiger partial charge < -0.3 is 28.5 Å². The smallest absolute Gasteiger partial charge is 0.122 e. The van der Waals surface area contributed by atoms with Crippen LogP contribution in [0.3, 0.4) is 0 Å². The summed E-state index contributed by atoms with van der Waals surface area (Å²) < 4.78 is 27.6. The van der Waals surface area contributed by atoms with Crippen molar-refractivity contribution in [3.05, 3.63) is 0 Å². The molecule has 34 heavy (non-hydrogen) atoms. The molecule has 198 valence electrons. The average molecular weight is 485 g/mol. The first-order valence-corrected chi connectivity index (χ1v) is 13.1. The molecule has 0 spiro atoms. The van der Waals surface area contributed by atoms with Gasteiger partial charge in [-0.2, -0.15) is 0 Å². The topological polar surface area (TPSA) is 69.7 Å². The third-order valence-corrected chi connectivity index (χ3v) is 5.66. The summed E-state index contributed by atoms with van der Waals surface area (Å²) in [5.41, 5.74) is 0. The number of terminal acetylenes is 1. The van der Waals surface area contributed by atoms with Gasteiger partial charge in [-0.05, 0) is 38.5 Å². The number of nitrogens with zero attached hydrogens (tertiary/aromatic N) is 2. The van der Waals surface area contributed by atoms with Gasteiger partial charge in [0.25, 0.3) is 0 Å². The molecular formula is C26H48N2O6. The lowest BCUT2D eigenvalue weighted by Crippen LogP contribution is -2.48. The van der Waals surface area contributed by atoms with Crippen LogP contribution >= 0.6 is 0 Å². The normalized spacial score (nSPS) is 14.9. The predicted molar refractivity (Wildman–Crippen MR) is 134 cm³/mol. The van der Waals surface area contributed by atoms with Gasteiger partial charge in [0.2, 0.25) is 0 Å². The molecule has 0 aliphatic carbocycles. The summed E-state index contributed by atoms with van der Waals surface area (Å²) in [6, 6.07) is 0. The van der Waals surface area contributed by atoms with E-state index in [-0.39, 0.29) is 0 Å². The highest BCUT2D eigenvalue weighted by Crippen LogP contribution is 2.03. The molecule has 0 aromatic rings. The van der Waals surface area contributed by atoms with E-state index in [1.165, 1.54) is 0 Å². The number of hydrogen-bond acceptors (Lipinski definition) is 8. The molecule has 1 rings (SSSR count). The minimum absolute atomic E-state index is 0.357. The number of rotatable bonds is 25. The number of carbonyl (C=O) groups excluding carboxylic acids is 1. The Hall–Kier alpha value is -1.05. The summed E-state index contributed by atoms with van der Waals surface area (Å²) in [5, 5.41) is 0. The molecule has 0 saturated carbocycles. The highest BCUT2D eigenvalue weighted by atomic mass is 16.5. The highest BCUT2D eigenvalue weighted by molar-refractivity contribution is 5.49. The Morgan fingerprint density at radius 2 is 1.03 bits per heavy atom. The molecule has 0 unspecified atom stereocenters. The van der Waals surface area contributed by atoms with Gasteiger partial charge in [0.15, 0.2) is 0 Å². The van der Waals surface area contributed by atoms with Crippen LogP contribution in [0.15, 0.2) is 0 Å². The molecule has 0 aromatic carbocycles. The Labute approximate surface area is 207 Å². The number of aldehydes is 1. The second-order valence-electron chi connectivity index (χ2n) is 8.47. The van der Waals surface area contributed by atoms with Crippen LogP contribution in [0.5, 0.6) is 0 Å². The van der Waals surface area contributed by atoms with Gasteiger partial charge in [0.05, 0.1) is 33.0 Å². The maximum absolute atomic E-state index is 10.2. The molecule has 0 N–H and O–H groups in total. The van der Waals surface area contributed by atoms with Crippen molar-refractivity contribution < 1.29 is 28.5 Å². The van der Waals surface area contributed by atoms with Gasteiger partial charge in [0.1, 0.15) is 12.9 Å². The van der Waals surface area contributed by atoms with Crippen LogP contribution in [0.4, 0.5) is 0 Å². The maximum Gasteiger partial charge on any atom is 0.122 e. The first-order chi connectivity index (χ1) is 16.9. The molecule has 0 radical (unpaired) electrons. The van der Waals surface area contributed by atoms with Gasteiger partial charge in [0, 0.05) is 72.1 Å². The maximum atomic E-state index is 10.2. The van der Waals surface area contributed by atoms with Crippen LogP contribution in [0.25, 0.3) is 0 Å². The first-order valence-electron chi connectivity index (χ1n) is 13.1. The van der Waals surface area contributed by atoms with E-state index in [1.54, 1.807) is 0 Å². The van der Waals surface area contributed by atoms with Gasteiger partial charge in [-0.1, -0.05) is 5.92 Å². The lowest BCUT2D eigenvalue weighted by atomic mass is 10.2. The Morgan fingerprint density at radius 1 is 0.588 bits per heavy atom. The van der Waals surface area contributed by atoms with Crippen molar-refractivity contribution >= 4 is 6.29 Å². The molecule has 0 amide bonds. The average Bonchev–Trinajstić information content (AvgIpc) is 2.86. The van der Waals surface area contributed by atoms with Crippen LogP contribution in [0, 0.1) is 12.3 Å². The van der Waals surface area contributed by atoms with Crippen molar-refractivity contribution in [2.75, 3.05) is 105 Å². The standard InChI is InChI=1S/C26H48N2O6/c1-2-17-30-25-26-34-21-8-4-7-20-33-24-15-28-12-10-27(11-13-28)14-23-32-19-6-3-5-18-31-22-9-16-29/h1,16H,3-15,17-26H2. The summed E-state index contributed by atoms with van der Waals surface area (Å²) in [6.45, 7) is 13.3. The third-order valence-electron chi connectivity index (χ3n) is 5.66. The predicted octanol–water partition coefficient (Wildman–Crippen LogP) is 2.25. The van der Waals surface area contributed by atoms with Gasteiger partial charge >= 0.3 is 0 Å². The molecule has 0 atom stereocenters.